The Kier molecular flexibility index (Phi) is 5.10. The van der Waals surface area contributed by atoms with Gasteiger partial charge in [-0.05, 0) is 18.1 Å². The average Bonchev–Trinajstić information content (AvgIpc) is 2.29. The van der Waals surface area contributed by atoms with Crippen LogP contribution in [-0.4, -0.2) is 26.2 Å². The molecule has 7 heteroatoms. The van der Waals surface area contributed by atoms with Crippen molar-refractivity contribution in [2.75, 3.05) is 6.61 Å². The minimum absolute atomic E-state index is 0.118. The van der Waals surface area contributed by atoms with E-state index in [1.165, 1.54) is 12.1 Å². The van der Waals surface area contributed by atoms with Gasteiger partial charge < -0.3 is 5.11 Å². The van der Waals surface area contributed by atoms with Crippen LogP contribution in [0.3, 0.4) is 0 Å². The predicted octanol–water partition coefficient (Wildman–Crippen LogP) is 1.77. The minimum atomic E-state index is -4.04. The maximum atomic E-state index is 13.6. The van der Waals surface area contributed by atoms with Crippen molar-refractivity contribution >= 4 is 21.6 Å². The van der Waals surface area contributed by atoms with Crippen LogP contribution < -0.4 is 4.72 Å². The first kappa shape index (κ1) is 15.4. The topological polar surface area (TPSA) is 66.4 Å². The van der Waals surface area contributed by atoms with Gasteiger partial charge in [0.25, 0.3) is 0 Å². The molecule has 0 aliphatic carbocycles. The van der Waals surface area contributed by atoms with Crippen LogP contribution in [0.1, 0.15) is 13.8 Å². The number of aliphatic hydroxyl groups excluding tert-OH is 1. The molecular weight excluding hydrogens is 281 g/mol. The fraction of sp³-hybridized carbons (Fsp3) is 0.455. The summed E-state index contributed by atoms with van der Waals surface area (Å²) in [5.74, 6) is -1.11. The van der Waals surface area contributed by atoms with Crippen molar-refractivity contribution in [2.45, 2.75) is 24.8 Å². The molecule has 1 atom stereocenters. The van der Waals surface area contributed by atoms with E-state index in [-0.39, 0.29) is 17.5 Å². The zero-order valence-electron chi connectivity index (χ0n) is 10.0. The Labute approximate surface area is 111 Å². The van der Waals surface area contributed by atoms with Gasteiger partial charge >= 0.3 is 0 Å². The molecule has 1 aromatic carbocycles. The van der Waals surface area contributed by atoms with Gasteiger partial charge in [0.15, 0.2) is 5.82 Å². The molecule has 0 bridgehead atoms. The molecule has 0 saturated heterocycles. The number of aliphatic hydroxyl groups is 1. The highest BCUT2D eigenvalue weighted by Gasteiger charge is 2.25. The zero-order chi connectivity index (χ0) is 13.9. The number of sulfonamides is 1. The van der Waals surface area contributed by atoms with E-state index in [1.54, 1.807) is 13.8 Å². The summed E-state index contributed by atoms with van der Waals surface area (Å²) in [5, 5.41) is 8.82. The van der Waals surface area contributed by atoms with Gasteiger partial charge in [-0.15, -0.1) is 0 Å². The Morgan fingerprint density at radius 1 is 1.44 bits per heavy atom. The summed E-state index contributed by atoms with van der Waals surface area (Å²) in [5.41, 5.74) is 0. The van der Waals surface area contributed by atoms with E-state index < -0.39 is 26.8 Å². The molecular formula is C11H15ClFNO3S. The number of halogens is 2. The molecule has 0 fully saturated rings. The molecule has 0 radical (unpaired) electrons. The molecule has 0 aromatic heterocycles. The Morgan fingerprint density at radius 2 is 2.06 bits per heavy atom. The van der Waals surface area contributed by atoms with E-state index >= 15 is 0 Å². The summed E-state index contributed by atoms with van der Waals surface area (Å²) >= 11 is 5.54. The lowest BCUT2D eigenvalue weighted by Crippen LogP contribution is -2.41. The second-order valence-corrected chi connectivity index (χ2v) is 6.30. The number of nitrogens with one attached hydrogen (secondary N) is 1. The van der Waals surface area contributed by atoms with Gasteiger partial charge in [0.1, 0.15) is 4.90 Å². The van der Waals surface area contributed by atoms with Crippen LogP contribution in [-0.2, 0) is 10.0 Å². The molecule has 2 N–H and O–H groups in total. The Morgan fingerprint density at radius 3 is 2.56 bits per heavy atom. The Hall–Kier alpha value is -0.690. The monoisotopic (exact) mass is 295 g/mol. The van der Waals surface area contributed by atoms with Gasteiger partial charge in [-0.2, -0.15) is 0 Å². The molecule has 0 spiro atoms. The summed E-state index contributed by atoms with van der Waals surface area (Å²) < 4.78 is 39.8. The number of benzene rings is 1. The van der Waals surface area contributed by atoms with E-state index in [9.17, 15) is 12.8 Å². The second kappa shape index (κ2) is 5.97. The first-order valence-corrected chi connectivity index (χ1v) is 7.23. The van der Waals surface area contributed by atoms with Gasteiger partial charge in [-0.3, -0.25) is 0 Å². The van der Waals surface area contributed by atoms with Crippen molar-refractivity contribution < 1.29 is 17.9 Å². The van der Waals surface area contributed by atoms with Crippen LogP contribution >= 0.6 is 11.6 Å². The maximum Gasteiger partial charge on any atom is 0.243 e. The van der Waals surface area contributed by atoms with E-state index in [0.29, 0.717) is 0 Å². The van der Waals surface area contributed by atoms with Crippen molar-refractivity contribution in [3.63, 3.8) is 0 Å². The Bertz CT molecular complexity index is 519. The molecule has 1 unspecified atom stereocenters. The molecule has 0 saturated carbocycles. The van der Waals surface area contributed by atoms with Crippen molar-refractivity contribution in [2.24, 2.45) is 5.92 Å². The summed E-state index contributed by atoms with van der Waals surface area (Å²) in [7, 11) is -4.04. The molecule has 1 aromatic rings. The molecule has 102 valence electrons. The molecule has 4 nitrogen and oxygen atoms in total. The third-order valence-corrected chi connectivity index (χ3v) is 4.31. The third kappa shape index (κ3) is 3.41. The van der Waals surface area contributed by atoms with Crippen molar-refractivity contribution in [1.82, 2.24) is 4.72 Å². The summed E-state index contributed by atoms with van der Waals surface area (Å²) in [4.78, 5) is -0.519. The molecule has 18 heavy (non-hydrogen) atoms. The highest BCUT2D eigenvalue weighted by Crippen LogP contribution is 2.22. The maximum absolute atomic E-state index is 13.6. The highest BCUT2D eigenvalue weighted by molar-refractivity contribution is 7.89. The van der Waals surface area contributed by atoms with Crippen molar-refractivity contribution in [3.05, 3.63) is 29.0 Å². The fourth-order valence-electron chi connectivity index (χ4n) is 1.34. The van der Waals surface area contributed by atoms with Crippen LogP contribution in [0.25, 0.3) is 0 Å². The smallest absolute Gasteiger partial charge is 0.243 e. The van der Waals surface area contributed by atoms with Crippen LogP contribution in [0.4, 0.5) is 4.39 Å². The van der Waals surface area contributed by atoms with E-state index in [2.05, 4.69) is 4.72 Å². The SMILES string of the molecule is CC(C)C(CO)NS(=O)(=O)c1cccc(Cl)c1F. The van der Waals surface area contributed by atoms with E-state index in [0.717, 1.165) is 6.07 Å². The molecule has 0 amide bonds. The summed E-state index contributed by atoms with van der Waals surface area (Å²) in [6.07, 6.45) is 0. The van der Waals surface area contributed by atoms with Gasteiger partial charge in [0, 0.05) is 6.04 Å². The van der Waals surface area contributed by atoms with Crippen molar-refractivity contribution in [1.29, 1.82) is 0 Å². The van der Waals surface area contributed by atoms with Crippen molar-refractivity contribution in [3.8, 4) is 0 Å². The fourth-order valence-corrected chi connectivity index (χ4v) is 3.04. The summed E-state index contributed by atoms with van der Waals surface area (Å²) in [6.45, 7) is 3.13. The number of hydrogen-bond donors (Lipinski definition) is 2. The first-order chi connectivity index (χ1) is 8.29. The molecule has 0 heterocycles. The minimum Gasteiger partial charge on any atom is -0.395 e. The molecule has 0 aliphatic rings. The lowest BCUT2D eigenvalue weighted by molar-refractivity contribution is 0.227. The highest BCUT2D eigenvalue weighted by atomic mass is 35.5. The lowest BCUT2D eigenvalue weighted by atomic mass is 10.1. The van der Waals surface area contributed by atoms with Crippen LogP contribution in [0.2, 0.25) is 5.02 Å². The van der Waals surface area contributed by atoms with Gasteiger partial charge in [0.05, 0.1) is 11.6 Å². The van der Waals surface area contributed by atoms with Gasteiger partial charge in [-0.25, -0.2) is 17.5 Å². The largest absolute Gasteiger partial charge is 0.395 e. The van der Waals surface area contributed by atoms with Crippen LogP contribution in [0.15, 0.2) is 23.1 Å². The Balaban J connectivity index is 3.11. The van der Waals surface area contributed by atoms with Crippen LogP contribution in [0, 0.1) is 11.7 Å². The normalized spacial score (nSPS) is 13.9. The third-order valence-electron chi connectivity index (χ3n) is 2.51. The van der Waals surface area contributed by atoms with Gasteiger partial charge in [-0.1, -0.05) is 31.5 Å². The lowest BCUT2D eigenvalue weighted by Gasteiger charge is -2.20. The predicted molar refractivity (Wildman–Crippen MR) is 67.4 cm³/mol. The van der Waals surface area contributed by atoms with E-state index in [1.807, 2.05) is 0 Å². The van der Waals surface area contributed by atoms with Gasteiger partial charge in [0.2, 0.25) is 10.0 Å². The molecule has 0 aliphatic heterocycles. The quantitative estimate of drug-likeness (QED) is 0.870. The average molecular weight is 296 g/mol. The van der Waals surface area contributed by atoms with Crippen LogP contribution in [0.5, 0.6) is 0 Å². The first-order valence-electron chi connectivity index (χ1n) is 5.36. The molecule has 1 rings (SSSR count). The zero-order valence-corrected chi connectivity index (χ0v) is 11.6. The number of hydrogen-bond acceptors (Lipinski definition) is 3. The second-order valence-electron chi connectivity index (χ2n) is 4.21. The summed E-state index contributed by atoms with van der Waals surface area (Å²) in [6, 6.07) is 3.07. The van der Waals surface area contributed by atoms with E-state index in [4.69, 9.17) is 16.7 Å². The number of rotatable bonds is 5. The standard InChI is InChI=1S/C11H15ClFNO3S/c1-7(2)9(6-15)14-18(16,17)10-5-3-4-8(12)11(10)13/h3-5,7,9,14-15H,6H2,1-2H3.